The van der Waals surface area contributed by atoms with Crippen molar-refractivity contribution in [3.8, 4) is 12.3 Å². The first-order valence-corrected chi connectivity index (χ1v) is 4.52. The number of terminal acetylenes is 1. The normalized spacial score (nSPS) is 11.8. The van der Waals surface area contributed by atoms with Crippen LogP contribution < -0.4 is 5.32 Å². The highest BCUT2D eigenvalue weighted by atomic mass is 16.2. The predicted molar refractivity (Wildman–Crippen MR) is 54.2 cm³/mol. The fraction of sp³-hybridized carbons (Fsp3) is 0.700. The maximum Gasteiger partial charge on any atom is 0.236 e. The number of likely N-dealkylation sites (N-methyl/N-ethyl adjacent to an activating group) is 1. The third-order valence-corrected chi connectivity index (χ3v) is 1.93. The van der Waals surface area contributed by atoms with Crippen molar-refractivity contribution in [2.75, 3.05) is 20.1 Å². The molecular weight excluding hydrogens is 164 g/mol. The zero-order valence-corrected chi connectivity index (χ0v) is 8.63. The van der Waals surface area contributed by atoms with Crippen LogP contribution in [0.1, 0.15) is 20.3 Å². The van der Waals surface area contributed by atoms with Crippen molar-refractivity contribution in [2.24, 2.45) is 0 Å². The molecule has 74 valence electrons. The molecule has 0 aliphatic rings. The van der Waals surface area contributed by atoms with Gasteiger partial charge >= 0.3 is 0 Å². The van der Waals surface area contributed by atoms with Gasteiger partial charge in [-0.2, -0.15) is 0 Å². The first-order valence-electron chi connectivity index (χ1n) is 4.52. The molecule has 0 spiro atoms. The monoisotopic (exact) mass is 182 g/mol. The molecule has 0 rings (SSSR count). The number of hydrogen-bond donors (Lipinski definition) is 1. The number of nitrogens with zero attached hydrogens (tertiary/aromatic N) is 1. The summed E-state index contributed by atoms with van der Waals surface area (Å²) in [6.45, 7) is 5.03. The molecule has 0 saturated heterocycles. The molecule has 1 unspecified atom stereocenters. The predicted octanol–water partition coefficient (Wildman–Crippen LogP) is 0.466. The van der Waals surface area contributed by atoms with Gasteiger partial charge in [0.15, 0.2) is 0 Å². The van der Waals surface area contributed by atoms with Gasteiger partial charge in [0.05, 0.1) is 6.54 Å². The number of amides is 1. The standard InChI is InChI=1S/C10H18N2O/c1-5-7-9(3)11-8-10(13)12(4)6-2/h1,9,11H,6-8H2,2-4H3. The van der Waals surface area contributed by atoms with Gasteiger partial charge in [-0.3, -0.25) is 4.79 Å². The fourth-order valence-corrected chi connectivity index (χ4v) is 0.822. The summed E-state index contributed by atoms with van der Waals surface area (Å²) in [5, 5.41) is 3.06. The van der Waals surface area contributed by atoms with E-state index >= 15 is 0 Å². The van der Waals surface area contributed by atoms with Crippen molar-refractivity contribution in [2.45, 2.75) is 26.3 Å². The largest absolute Gasteiger partial charge is 0.345 e. The first-order chi connectivity index (χ1) is 6.11. The Morgan fingerprint density at radius 3 is 2.77 bits per heavy atom. The topological polar surface area (TPSA) is 32.3 Å². The molecule has 0 aromatic carbocycles. The summed E-state index contributed by atoms with van der Waals surface area (Å²) in [6, 6.07) is 0.208. The van der Waals surface area contributed by atoms with Gasteiger partial charge in [0.2, 0.25) is 5.91 Å². The number of hydrogen-bond acceptors (Lipinski definition) is 2. The molecule has 0 heterocycles. The van der Waals surface area contributed by atoms with Crippen molar-refractivity contribution >= 4 is 5.91 Å². The van der Waals surface area contributed by atoms with E-state index in [9.17, 15) is 4.79 Å². The molecule has 0 saturated carbocycles. The van der Waals surface area contributed by atoms with Gasteiger partial charge < -0.3 is 10.2 Å². The molecule has 0 fully saturated rings. The van der Waals surface area contributed by atoms with Crippen LogP contribution in [0.2, 0.25) is 0 Å². The second-order valence-corrected chi connectivity index (χ2v) is 3.10. The lowest BCUT2D eigenvalue weighted by atomic mass is 10.2. The van der Waals surface area contributed by atoms with E-state index in [0.717, 1.165) is 6.54 Å². The molecule has 0 aliphatic carbocycles. The molecular formula is C10H18N2O. The highest BCUT2D eigenvalue weighted by Crippen LogP contribution is 1.88. The Kier molecular flexibility index (Phi) is 5.99. The minimum atomic E-state index is 0.103. The summed E-state index contributed by atoms with van der Waals surface area (Å²) in [5.41, 5.74) is 0. The summed E-state index contributed by atoms with van der Waals surface area (Å²) < 4.78 is 0. The van der Waals surface area contributed by atoms with E-state index in [4.69, 9.17) is 6.42 Å². The molecule has 0 bridgehead atoms. The molecule has 3 heteroatoms. The van der Waals surface area contributed by atoms with Crippen molar-refractivity contribution in [1.29, 1.82) is 0 Å². The highest BCUT2D eigenvalue weighted by molar-refractivity contribution is 5.77. The summed E-state index contributed by atoms with van der Waals surface area (Å²) in [4.78, 5) is 13.0. The molecule has 0 aromatic heterocycles. The molecule has 13 heavy (non-hydrogen) atoms. The van der Waals surface area contributed by atoms with Crippen LogP contribution in [0, 0.1) is 12.3 Å². The van der Waals surface area contributed by atoms with E-state index in [1.807, 2.05) is 13.8 Å². The van der Waals surface area contributed by atoms with E-state index in [0.29, 0.717) is 13.0 Å². The average Bonchev–Trinajstić information content (AvgIpc) is 2.13. The second kappa shape index (κ2) is 6.50. The molecule has 1 N–H and O–H groups in total. The van der Waals surface area contributed by atoms with Crippen LogP contribution in [0.5, 0.6) is 0 Å². The molecule has 0 aromatic rings. The van der Waals surface area contributed by atoms with Crippen LogP contribution in [0.25, 0.3) is 0 Å². The number of carbonyl (C=O) groups is 1. The molecule has 1 atom stereocenters. The molecule has 3 nitrogen and oxygen atoms in total. The first kappa shape index (κ1) is 12.0. The quantitative estimate of drug-likeness (QED) is 0.627. The lowest BCUT2D eigenvalue weighted by Gasteiger charge is -2.16. The minimum absolute atomic E-state index is 0.103. The zero-order chi connectivity index (χ0) is 10.3. The SMILES string of the molecule is C#CCC(C)NCC(=O)N(C)CC. The molecule has 0 radical (unpaired) electrons. The van der Waals surface area contributed by atoms with Crippen molar-refractivity contribution in [3.63, 3.8) is 0 Å². The molecule has 0 aliphatic heterocycles. The molecule has 1 amide bonds. The van der Waals surface area contributed by atoms with E-state index in [1.54, 1.807) is 11.9 Å². The van der Waals surface area contributed by atoms with Crippen LogP contribution in [-0.4, -0.2) is 37.0 Å². The van der Waals surface area contributed by atoms with Gasteiger partial charge in [-0.1, -0.05) is 0 Å². The highest BCUT2D eigenvalue weighted by Gasteiger charge is 2.07. The van der Waals surface area contributed by atoms with E-state index in [-0.39, 0.29) is 11.9 Å². The van der Waals surface area contributed by atoms with Gasteiger partial charge in [-0.15, -0.1) is 12.3 Å². The van der Waals surface area contributed by atoms with Crippen LogP contribution in [-0.2, 0) is 4.79 Å². The fourth-order valence-electron chi connectivity index (χ4n) is 0.822. The van der Waals surface area contributed by atoms with Gasteiger partial charge in [0, 0.05) is 26.1 Å². The summed E-state index contributed by atoms with van der Waals surface area (Å²) in [5.74, 6) is 2.65. The van der Waals surface area contributed by atoms with Gasteiger partial charge in [-0.05, 0) is 13.8 Å². The van der Waals surface area contributed by atoms with Crippen LogP contribution in [0.3, 0.4) is 0 Å². The summed E-state index contributed by atoms with van der Waals surface area (Å²) in [7, 11) is 1.79. The Morgan fingerprint density at radius 1 is 1.69 bits per heavy atom. The van der Waals surface area contributed by atoms with Crippen molar-refractivity contribution in [1.82, 2.24) is 10.2 Å². The number of nitrogens with one attached hydrogen (secondary N) is 1. The van der Waals surface area contributed by atoms with Gasteiger partial charge in [0.1, 0.15) is 0 Å². The van der Waals surface area contributed by atoms with Gasteiger partial charge in [-0.25, -0.2) is 0 Å². The Morgan fingerprint density at radius 2 is 2.31 bits per heavy atom. The van der Waals surface area contributed by atoms with Gasteiger partial charge in [0.25, 0.3) is 0 Å². The number of carbonyl (C=O) groups excluding carboxylic acids is 1. The van der Waals surface area contributed by atoms with E-state index in [2.05, 4.69) is 11.2 Å². The minimum Gasteiger partial charge on any atom is -0.345 e. The Balaban J connectivity index is 3.64. The third-order valence-electron chi connectivity index (χ3n) is 1.93. The Labute approximate surface area is 80.5 Å². The lowest BCUT2D eigenvalue weighted by Crippen LogP contribution is -2.38. The van der Waals surface area contributed by atoms with Crippen LogP contribution >= 0.6 is 0 Å². The summed E-state index contributed by atoms with van der Waals surface area (Å²) >= 11 is 0. The maximum atomic E-state index is 11.3. The van der Waals surface area contributed by atoms with E-state index in [1.165, 1.54) is 0 Å². The Hall–Kier alpha value is -1.01. The Bertz CT molecular complexity index is 196. The third kappa shape index (κ3) is 5.26. The van der Waals surface area contributed by atoms with Crippen LogP contribution in [0.4, 0.5) is 0 Å². The number of rotatable bonds is 5. The second-order valence-electron chi connectivity index (χ2n) is 3.10. The maximum absolute atomic E-state index is 11.3. The van der Waals surface area contributed by atoms with Crippen LogP contribution in [0.15, 0.2) is 0 Å². The average molecular weight is 182 g/mol. The smallest absolute Gasteiger partial charge is 0.236 e. The van der Waals surface area contributed by atoms with Crippen molar-refractivity contribution < 1.29 is 4.79 Å². The zero-order valence-electron chi connectivity index (χ0n) is 8.63. The lowest BCUT2D eigenvalue weighted by molar-refractivity contribution is -0.128. The van der Waals surface area contributed by atoms with Crippen molar-refractivity contribution in [3.05, 3.63) is 0 Å². The van der Waals surface area contributed by atoms with E-state index < -0.39 is 0 Å². The summed E-state index contributed by atoms with van der Waals surface area (Å²) in [6.07, 6.45) is 5.79.